The topological polar surface area (TPSA) is 112 Å². The molecule has 206 valence electrons. The summed E-state index contributed by atoms with van der Waals surface area (Å²) in [6.45, 7) is 6.28. The number of aryl methyl sites for hydroxylation is 1. The predicted molar refractivity (Wildman–Crippen MR) is 138 cm³/mol. The van der Waals surface area contributed by atoms with Gasteiger partial charge in [0.25, 0.3) is 5.91 Å². The number of likely N-dealkylation sites (tertiary alicyclic amines) is 1. The highest BCUT2D eigenvalue weighted by atomic mass is 19.2. The zero-order valence-electron chi connectivity index (χ0n) is 22.0. The first kappa shape index (κ1) is 25.9. The van der Waals surface area contributed by atoms with Gasteiger partial charge in [-0.1, -0.05) is 0 Å². The van der Waals surface area contributed by atoms with Gasteiger partial charge in [0, 0.05) is 66.8 Å². The van der Waals surface area contributed by atoms with E-state index in [4.69, 9.17) is 10.5 Å². The quantitative estimate of drug-likeness (QED) is 0.364. The Bertz CT molecular complexity index is 1610. The third-order valence-corrected chi connectivity index (χ3v) is 7.38. The number of pyridine rings is 1. The van der Waals surface area contributed by atoms with Crippen molar-refractivity contribution in [2.24, 2.45) is 17.6 Å². The molecule has 6 rings (SSSR count). The molecule has 40 heavy (non-hydrogen) atoms. The summed E-state index contributed by atoms with van der Waals surface area (Å²) in [5, 5.41) is 4.38. The molecule has 1 saturated carbocycles. The van der Waals surface area contributed by atoms with Gasteiger partial charge in [-0.25, -0.2) is 32.8 Å². The second-order valence-corrected chi connectivity index (χ2v) is 10.8. The summed E-state index contributed by atoms with van der Waals surface area (Å²) >= 11 is 0. The summed E-state index contributed by atoms with van der Waals surface area (Å²) < 4.78 is 49.7. The average Bonchev–Trinajstić information content (AvgIpc) is 3.22. The zero-order chi connectivity index (χ0) is 28.3. The van der Waals surface area contributed by atoms with Crippen molar-refractivity contribution in [3.63, 3.8) is 0 Å². The van der Waals surface area contributed by atoms with Gasteiger partial charge >= 0.3 is 0 Å². The molecule has 1 aliphatic carbocycles. The minimum Gasteiger partial charge on any atom is -0.474 e. The molecular weight excluding hydrogens is 523 g/mol. The van der Waals surface area contributed by atoms with E-state index in [-0.39, 0.29) is 41.0 Å². The highest BCUT2D eigenvalue weighted by Crippen LogP contribution is 2.48. The molecule has 1 amide bonds. The normalized spacial score (nSPS) is 20.0. The smallest absolute Gasteiger partial charge is 0.257 e. The van der Waals surface area contributed by atoms with E-state index in [0.717, 1.165) is 6.07 Å². The Balaban J connectivity index is 1.18. The van der Waals surface area contributed by atoms with Crippen LogP contribution in [0.25, 0.3) is 17.2 Å². The van der Waals surface area contributed by atoms with Gasteiger partial charge < -0.3 is 15.4 Å². The van der Waals surface area contributed by atoms with Crippen molar-refractivity contribution in [1.29, 1.82) is 0 Å². The molecule has 0 unspecified atom stereocenters. The molecular formula is C28H26F3N7O2. The molecule has 2 aliphatic rings. The Morgan fingerprint density at radius 2 is 1.70 bits per heavy atom. The molecule has 0 bridgehead atoms. The second kappa shape index (κ2) is 9.40. The lowest BCUT2D eigenvalue weighted by Crippen LogP contribution is -2.33. The van der Waals surface area contributed by atoms with E-state index >= 15 is 0 Å². The number of amides is 1. The van der Waals surface area contributed by atoms with E-state index in [0.29, 0.717) is 41.9 Å². The lowest BCUT2D eigenvalue weighted by molar-refractivity contribution is 0.0751. The third kappa shape index (κ3) is 4.68. The minimum absolute atomic E-state index is 0.0833. The molecule has 2 N–H and O–H groups in total. The first-order chi connectivity index (χ1) is 19.0. The number of aromatic nitrogens is 5. The van der Waals surface area contributed by atoms with Gasteiger partial charge in [-0.3, -0.25) is 4.79 Å². The van der Waals surface area contributed by atoms with Crippen LogP contribution in [0.5, 0.6) is 5.88 Å². The van der Waals surface area contributed by atoms with Crippen molar-refractivity contribution in [2.45, 2.75) is 32.4 Å². The number of hydrogen-bond donors (Lipinski definition) is 1. The van der Waals surface area contributed by atoms with Gasteiger partial charge in [-0.05, 0) is 44.5 Å². The van der Waals surface area contributed by atoms with Gasteiger partial charge in [0.2, 0.25) is 11.8 Å². The van der Waals surface area contributed by atoms with Gasteiger partial charge in [0.05, 0.1) is 17.0 Å². The Morgan fingerprint density at radius 1 is 1.02 bits per heavy atom. The zero-order valence-corrected chi connectivity index (χ0v) is 22.0. The molecule has 1 aliphatic heterocycles. The van der Waals surface area contributed by atoms with Crippen molar-refractivity contribution >= 4 is 5.91 Å². The van der Waals surface area contributed by atoms with Crippen LogP contribution in [-0.4, -0.2) is 54.7 Å². The van der Waals surface area contributed by atoms with Crippen LogP contribution >= 0.6 is 0 Å². The first-order valence-electron chi connectivity index (χ1n) is 12.8. The van der Waals surface area contributed by atoms with Crippen LogP contribution in [0, 0.1) is 36.2 Å². The van der Waals surface area contributed by atoms with Gasteiger partial charge in [-0.15, -0.1) is 0 Å². The van der Waals surface area contributed by atoms with E-state index in [1.54, 1.807) is 62.5 Å². The summed E-state index contributed by atoms with van der Waals surface area (Å²) in [6, 6.07) is 6.17. The second-order valence-electron chi connectivity index (χ2n) is 10.8. The van der Waals surface area contributed by atoms with Crippen molar-refractivity contribution in [2.75, 3.05) is 13.1 Å². The molecule has 4 heterocycles. The van der Waals surface area contributed by atoms with Gasteiger partial charge in [0.15, 0.2) is 11.6 Å². The largest absolute Gasteiger partial charge is 0.474 e. The van der Waals surface area contributed by atoms with Crippen LogP contribution in [0.1, 0.15) is 35.5 Å². The van der Waals surface area contributed by atoms with Crippen molar-refractivity contribution < 1.29 is 22.7 Å². The molecule has 1 aromatic carbocycles. The Morgan fingerprint density at radius 3 is 2.38 bits per heavy atom. The molecule has 0 spiro atoms. The maximum Gasteiger partial charge on any atom is 0.257 e. The molecule has 2 fully saturated rings. The Hall–Kier alpha value is -4.32. The van der Waals surface area contributed by atoms with E-state index < -0.39 is 23.0 Å². The number of hydrogen-bond acceptors (Lipinski definition) is 7. The van der Waals surface area contributed by atoms with Crippen molar-refractivity contribution in [1.82, 2.24) is 29.6 Å². The minimum atomic E-state index is -1.28. The Labute approximate surface area is 227 Å². The molecule has 9 nitrogen and oxygen atoms in total. The molecule has 1 saturated heterocycles. The summed E-state index contributed by atoms with van der Waals surface area (Å²) in [7, 11) is 0. The maximum absolute atomic E-state index is 14.6. The summed E-state index contributed by atoms with van der Waals surface area (Å²) in [6.07, 6.45) is 4.64. The SMILES string of the molecule is Cc1nn(-c2ncccn2)cc1C(=O)N1C[C@@H]2[C@H](C1)[C@@H]2Oc1cc(C(C)(C)N)cc(-c2cc(F)c(F)cc2F)n1. The summed E-state index contributed by atoms with van der Waals surface area (Å²) in [4.78, 5) is 27.7. The van der Waals surface area contributed by atoms with Crippen LogP contribution in [0.2, 0.25) is 0 Å². The average molecular weight is 550 g/mol. The fraction of sp³-hybridized carbons (Fsp3) is 0.321. The number of piperidine rings is 1. The number of fused-ring (bicyclic) bond motifs is 1. The van der Waals surface area contributed by atoms with Crippen LogP contribution in [0.15, 0.2) is 48.9 Å². The van der Waals surface area contributed by atoms with E-state index in [2.05, 4.69) is 20.1 Å². The van der Waals surface area contributed by atoms with Crippen LogP contribution < -0.4 is 10.5 Å². The standard InChI is InChI=1S/C28H26F3N7O2/c1-14-17(13-38(36-14)27-33-5-4-6-34-27)26(39)37-11-18-19(12-37)25(18)40-24-8-15(28(2,3)32)7-23(35-24)16-9-21(30)22(31)10-20(16)29/h4-10,13,18-19,25H,11-12,32H2,1-3H3/t18-,19+,25-. The predicted octanol–water partition coefficient (Wildman–Crippen LogP) is 3.79. The molecule has 4 aromatic rings. The molecule has 12 heteroatoms. The first-order valence-corrected chi connectivity index (χ1v) is 12.8. The van der Waals surface area contributed by atoms with E-state index in [9.17, 15) is 18.0 Å². The number of halogens is 3. The van der Waals surface area contributed by atoms with Gasteiger partial charge in [0.1, 0.15) is 11.9 Å². The third-order valence-electron chi connectivity index (χ3n) is 7.38. The highest BCUT2D eigenvalue weighted by Gasteiger charge is 2.59. The van der Waals surface area contributed by atoms with Gasteiger partial charge in [-0.2, -0.15) is 5.10 Å². The number of carbonyl (C=O) groups is 1. The number of rotatable bonds is 6. The number of nitrogens with two attached hydrogens (primary N) is 1. The number of nitrogens with zero attached hydrogens (tertiary/aromatic N) is 6. The lowest BCUT2D eigenvalue weighted by Gasteiger charge is -2.22. The number of ether oxygens (including phenoxy) is 1. The summed E-state index contributed by atoms with van der Waals surface area (Å²) in [5.41, 5.74) is 6.99. The maximum atomic E-state index is 14.6. The van der Waals surface area contributed by atoms with Crippen LogP contribution in [0.3, 0.4) is 0 Å². The fourth-order valence-corrected chi connectivity index (χ4v) is 5.10. The van der Waals surface area contributed by atoms with Crippen LogP contribution in [0.4, 0.5) is 13.2 Å². The lowest BCUT2D eigenvalue weighted by atomic mass is 9.94. The van der Waals surface area contributed by atoms with Crippen molar-refractivity contribution in [3.05, 3.63) is 83.2 Å². The fourth-order valence-electron chi connectivity index (χ4n) is 5.10. The summed E-state index contributed by atoms with van der Waals surface area (Å²) in [5.74, 6) is -2.78. The van der Waals surface area contributed by atoms with E-state index in [1.165, 1.54) is 4.68 Å². The molecule has 0 radical (unpaired) electrons. The highest BCUT2D eigenvalue weighted by molar-refractivity contribution is 5.95. The van der Waals surface area contributed by atoms with E-state index in [1.807, 2.05) is 0 Å². The monoisotopic (exact) mass is 549 g/mol. The van der Waals surface area contributed by atoms with Crippen molar-refractivity contribution in [3.8, 4) is 23.1 Å². The molecule has 3 aromatic heterocycles. The molecule has 3 atom stereocenters. The number of benzene rings is 1. The van der Waals surface area contributed by atoms with Crippen LogP contribution in [-0.2, 0) is 5.54 Å². The number of carbonyl (C=O) groups excluding carboxylic acids is 1. The Kier molecular flexibility index (Phi) is 6.10.